The molecule has 1 saturated carbocycles. The second-order valence-electron chi connectivity index (χ2n) is 8.20. The molecule has 2 aromatic carbocycles. The van der Waals surface area contributed by atoms with Gasteiger partial charge in [0.15, 0.2) is 11.5 Å². The van der Waals surface area contributed by atoms with Crippen molar-refractivity contribution in [3.05, 3.63) is 71.5 Å². The number of imidazole rings is 1. The highest BCUT2D eigenvalue weighted by molar-refractivity contribution is 6.30. The van der Waals surface area contributed by atoms with Crippen molar-refractivity contribution in [1.29, 1.82) is 0 Å². The molecule has 5 rings (SSSR count). The Bertz CT molecular complexity index is 1230. The zero-order valence-corrected chi connectivity index (χ0v) is 17.9. The van der Waals surface area contributed by atoms with Crippen LogP contribution in [0.4, 0.5) is 17.2 Å². The van der Waals surface area contributed by atoms with Crippen molar-refractivity contribution in [3.63, 3.8) is 0 Å². The molecule has 2 heterocycles. The van der Waals surface area contributed by atoms with Gasteiger partial charge in [0.2, 0.25) is 0 Å². The minimum atomic E-state index is 0.270. The van der Waals surface area contributed by atoms with Crippen molar-refractivity contribution in [2.45, 2.75) is 37.6 Å². The van der Waals surface area contributed by atoms with E-state index in [0.717, 1.165) is 53.9 Å². The molecule has 1 aliphatic rings. The normalized spacial score (nSPS) is 18.9. The van der Waals surface area contributed by atoms with Crippen LogP contribution in [-0.2, 0) is 0 Å². The number of nitrogens with zero attached hydrogens (tertiary/aromatic N) is 3. The van der Waals surface area contributed by atoms with Crippen molar-refractivity contribution in [1.82, 2.24) is 14.6 Å². The van der Waals surface area contributed by atoms with E-state index in [1.165, 1.54) is 0 Å². The van der Waals surface area contributed by atoms with E-state index in [0.29, 0.717) is 22.3 Å². The van der Waals surface area contributed by atoms with Crippen LogP contribution >= 0.6 is 11.6 Å². The molecule has 0 radical (unpaired) electrons. The predicted molar refractivity (Wildman–Crippen MR) is 127 cm³/mol. The molecule has 5 N–H and O–H groups in total. The first-order chi connectivity index (χ1) is 15.1. The predicted octanol–water partition coefficient (Wildman–Crippen LogP) is 5.36. The molecule has 4 aromatic rings. The van der Waals surface area contributed by atoms with Gasteiger partial charge in [0.25, 0.3) is 0 Å². The fourth-order valence-electron chi connectivity index (χ4n) is 4.47. The van der Waals surface area contributed by atoms with Gasteiger partial charge in [-0.25, -0.2) is 9.50 Å². The van der Waals surface area contributed by atoms with Gasteiger partial charge in [0, 0.05) is 34.7 Å². The van der Waals surface area contributed by atoms with E-state index in [1.807, 2.05) is 36.5 Å². The third kappa shape index (κ3) is 3.96. The van der Waals surface area contributed by atoms with Gasteiger partial charge in [0.1, 0.15) is 0 Å². The summed E-state index contributed by atoms with van der Waals surface area (Å²) in [6.45, 7) is 0. The van der Waals surface area contributed by atoms with Gasteiger partial charge in [-0.05, 0) is 67.0 Å². The second-order valence-corrected chi connectivity index (χ2v) is 8.64. The van der Waals surface area contributed by atoms with Crippen LogP contribution in [0, 0.1) is 0 Å². The average Bonchev–Trinajstić information content (AvgIpc) is 3.24. The van der Waals surface area contributed by atoms with Crippen molar-refractivity contribution >= 4 is 34.4 Å². The van der Waals surface area contributed by atoms with E-state index in [-0.39, 0.29) is 6.04 Å². The maximum absolute atomic E-state index is 6.61. The zero-order chi connectivity index (χ0) is 21.4. The molecule has 158 valence electrons. The minimum Gasteiger partial charge on any atom is -0.395 e. The van der Waals surface area contributed by atoms with Gasteiger partial charge in [-0.1, -0.05) is 35.9 Å². The number of rotatable bonds is 4. The van der Waals surface area contributed by atoms with Gasteiger partial charge in [-0.3, -0.25) is 0 Å². The number of benzene rings is 2. The monoisotopic (exact) mass is 432 g/mol. The molecular formula is C24H25ClN6. The quantitative estimate of drug-likeness (QED) is 0.403. The Labute approximate surface area is 186 Å². The summed E-state index contributed by atoms with van der Waals surface area (Å²) in [4.78, 5) is 4.41. The maximum Gasteiger partial charge on any atom is 0.177 e. The fraction of sp³-hybridized carbons (Fsp3) is 0.250. The van der Waals surface area contributed by atoms with Crippen LogP contribution in [-0.4, -0.2) is 20.6 Å². The number of anilines is 3. The lowest BCUT2D eigenvalue weighted by Gasteiger charge is -2.28. The molecule has 6 nitrogen and oxygen atoms in total. The molecule has 0 atom stereocenters. The Hall–Kier alpha value is -3.09. The number of nitrogen functional groups attached to an aromatic ring is 1. The first-order valence-corrected chi connectivity index (χ1v) is 11.0. The average molecular weight is 433 g/mol. The largest absolute Gasteiger partial charge is 0.395 e. The lowest BCUT2D eigenvalue weighted by molar-refractivity contribution is 0.396. The van der Waals surface area contributed by atoms with Crippen LogP contribution in [0.1, 0.15) is 37.2 Å². The van der Waals surface area contributed by atoms with Crippen LogP contribution in [0.2, 0.25) is 5.02 Å². The van der Waals surface area contributed by atoms with Crippen LogP contribution < -0.4 is 16.8 Å². The summed E-state index contributed by atoms with van der Waals surface area (Å²) in [5.41, 5.74) is 18.3. The lowest BCUT2D eigenvalue weighted by atomic mass is 9.81. The van der Waals surface area contributed by atoms with Gasteiger partial charge in [-0.15, -0.1) is 5.10 Å². The third-order valence-electron chi connectivity index (χ3n) is 6.08. The maximum atomic E-state index is 6.61. The van der Waals surface area contributed by atoms with Gasteiger partial charge < -0.3 is 16.8 Å². The van der Waals surface area contributed by atoms with E-state index in [9.17, 15) is 0 Å². The van der Waals surface area contributed by atoms with Crippen molar-refractivity contribution < 1.29 is 0 Å². The highest BCUT2D eigenvalue weighted by Crippen LogP contribution is 2.40. The van der Waals surface area contributed by atoms with Crippen LogP contribution in [0.15, 0.2) is 60.9 Å². The standard InChI is InChI=1S/C24H25ClN6/c25-18-5-1-3-16(13-18)17-4-2-6-20(14-17)29-23-21(15-7-9-19(26)10-8-15)22(27)24-28-11-12-31(24)30-23/h1-6,11-15,19H,7-10,26-27H2,(H,29,30). The lowest BCUT2D eigenvalue weighted by Crippen LogP contribution is -2.26. The topological polar surface area (TPSA) is 94.3 Å². The van der Waals surface area contributed by atoms with E-state index in [4.69, 9.17) is 28.2 Å². The fourth-order valence-corrected chi connectivity index (χ4v) is 4.67. The molecule has 1 fully saturated rings. The number of nitrogens with two attached hydrogens (primary N) is 2. The Kier molecular flexibility index (Phi) is 5.26. The molecule has 0 amide bonds. The SMILES string of the molecule is Nc1c(C2CCC(N)CC2)c(Nc2cccc(-c3cccc(Cl)c3)c2)nn2ccnc12. The Balaban J connectivity index is 1.54. The Morgan fingerprint density at radius 1 is 1.00 bits per heavy atom. The Morgan fingerprint density at radius 3 is 2.52 bits per heavy atom. The molecule has 0 unspecified atom stereocenters. The van der Waals surface area contributed by atoms with Gasteiger partial charge >= 0.3 is 0 Å². The van der Waals surface area contributed by atoms with Crippen LogP contribution in [0.25, 0.3) is 16.8 Å². The molecule has 0 saturated heterocycles. The van der Waals surface area contributed by atoms with E-state index >= 15 is 0 Å². The molecule has 0 aliphatic heterocycles. The molecule has 1 aliphatic carbocycles. The minimum absolute atomic E-state index is 0.270. The first-order valence-electron chi connectivity index (χ1n) is 10.6. The first kappa shape index (κ1) is 19.8. The summed E-state index contributed by atoms with van der Waals surface area (Å²) in [6.07, 6.45) is 7.53. The molecular weight excluding hydrogens is 408 g/mol. The number of nitrogens with one attached hydrogen (secondary N) is 1. The molecule has 31 heavy (non-hydrogen) atoms. The van der Waals surface area contributed by atoms with E-state index in [2.05, 4.69) is 28.5 Å². The van der Waals surface area contributed by atoms with E-state index in [1.54, 1.807) is 10.7 Å². The van der Waals surface area contributed by atoms with E-state index < -0.39 is 0 Å². The number of halogens is 1. The zero-order valence-electron chi connectivity index (χ0n) is 17.1. The molecule has 0 bridgehead atoms. The number of hydrogen-bond donors (Lipinski definition) is 3. The summed E-state index contributed by atoms with van der Waals surface area (Å²) in [5.74, 6) is 1.08. The summed E-state index contributed by atoms with van der Waals surface area (Å²) in [5, 5.41) is 9.05. The van der Waals surface area contributed by atoms with Gasteiger partial charge in [-0.2, -0.15) is 0 Å². The van der Waals surface area contributed by atoms with Crippen LogP contribution in [0.5, 0.6) is 0 Å². The Morgan fingerprint density at radius 2 is 1.74 bits per heavy atom. The summed E-state index contributed by atoms with van der Waals surface area (Å²) >= 11 is 6.19. The van der Waals surface area contributed by atoms with Crippen molar-refractivity contribution in [3.8, 4) is 11.1 Å². The smallest absolute Gasteiger partial charge is 0.177 e. The highest BCUT2D eigenvalue weighted by atomic mass is 35.5. The highest BCUT2D eigenvalue weighted by Gasteiger charge is 2.27. The van der Waals surface area contributed by atoms with Crippen molar-refractivity contribution in [2.24, 2.45) is 5.73 Å². The summed E-state index contributed by atoms with van der Waals surface area (Å²) < 4.78 is 1.73. The molecule has 0 spiro atoms. The van der Waals surface area contributed by atoms with Crippen molar-refractivity contribution in [2.75, 3.05) is 11.1 Å². The molecule has 7 heteroatoms. The number of aromatic nitrogens is 3. The van der Waals surface area contributed by atoms with Gasteiger partial charge in [0.05, 0.1) is 5.69 Å². The molecule has 2 aromatic heterocycles. The second kappa shape index (κ2) is 8.21. The summed E-state index contributed by atoms with van der Waals surface area (Å²) in [6, 6.07) is 16.3. The number of hydrogen-bond acceptors (Lipinski definition) is 5. The third-order valence-corrected chi connectivity index (χ3v) is 6.31. The summed E-state index contributed by atoms with van der Waals surface area (Å²) in [7, 11) is 0. The van der Waals surface area contributed by atoms with Crippen LogP contribution in [0.3, 0.4) is 0 Å². The number of fused-ring (bicyclic) bond motifs is 1.